The molecule has 1 N–H and O–H groups in total. The monoisotopic (exact) mass is 618 g/mol. The van der Waals surface area contributed by atoms with Crippen LogP contribution in [0.2, 0.25) is 0 Å². The number of rotatable bonds is 8. The molecule has 35 heavy (non-hydrogen) atoms. The first kappa shape index (κ1) is 26.5. The minimum atomic E-state index is -4.13. The summed E-state index contributed by atoms with van der Waals surface area (Å²) in [6, 6.07) is 18.2. The summed E-state index contributed by atoms with van der Waals surface area (Å²) in [6.07, 6.45) is 1.37. The lowest BCUT2D eigenvalue weighted by Gasteiger charge is -2.15. The molecule has 0 saturated carbocycles. The Hall–Kier alpha value is -3.13. The summed E-state index contributed by atoms with van der Waals surface area (Å²) in [7, 11) is -4.13. The lowest BCUT2D eigenvalue weighted by Crippen LogP contribution is -2.14. The predicted octanol–water partition coefficient (Wildman–Crippen LogP) is 6.23. The van der Waals surface area contributed by atoms with Crippen LogP contribution >= 0.6 is 31.9 Å². The number of carbonyl (C=O) groups excluding carboxylic acids is 1. The third-order valence-electron chi connectivity index (χ3n) is 4.63. The number of nitriles is 1. The molecule has 0 aliphatic heterocycles. The zero-order valence-electron chi connectivity index (χ0n) is 18.7. The SMILES string of the molecule is CCOc1cc(/C=C(\C#N)C(=O)Nc2ccccc2Br)cc(Br)c1OS(=O)(=O)c1ccc(C)cc1. The number of hydrogen-bond donors (Lipinski definition) is 1. The summed E-state index contributed by atoms with van der Waals surface area (Å²) in [4.78, 5) is 12.7. The summed E-state index contributed by atoms with van der Waals surface area (Å²) < 4.78 is 37.6. The first-order valence-corrected chi connectivity index (χ1v) is 13.3. The number of aryl methyl sites for hydroxylation is 1. The van der Waals surface area contributed by atoms with Gasteiger partial charge in [-0.1, -0.05) is 29.8 Å². The molecule has 3 aromatic carbocycles. The maximum Gasteiger partial charge on any atom is 0.339 e. The number of nitrogens with zero attached hydrogens (tertiary/aromatic N) is 1. The Morgan fingerprint density at radius 1 is 1.09 bits per heavy atom. The van der Waals surface area contributed by atoms with Crippen LogP contribution in [0.3, 0.4) is 0 Å². The molecule has 0 atom stereocenters. The van der Waals surface area contributed by atoms with Crippen molar-refractivity contribution in [1.82, 2.24) is 0 Å². The van der Waals surface area contributed by atoms with Gasteiger partial charge in [-0.05, 0) is 93.7 Å². The average molecular weight is 620 g/mol. The quantitative estimate of drug-likeness (QED) is 0.182. The van der Waals surface area contributed by atoms with Gasteiger partial charge in [0.15, 0.2) is 11.5 Å². The Balaban J connectivity index is 1.95. The standard InChI is InChI=1S/C25H20Br2N2O5S/c1-3-33-23-14-17(12-18(15-28)25(30)29-22-7-5-4-6-20(22)26)13-21(27)24(23)34-35(31,32)19-10-8-16(2)9-11-19/h4-14H,3H2,1-2H3,(H,29,30)/b18-12+. The molecule has 10 heteroatoms. The lowest BCUT2D eigenvalue weighted by atomic mass is 10.1. The van der Waals surface area contributed by atoms with Crippen LogP contribution in [-0.2, 0) is 14.9 Å². The van der Waals surface area contributed by atoms with E-state index in [1.54, 1.807) is 43.3 Å². The van der Waals surface area contributed by atoms with E-state index in [9.17, 15) is 18.5 Å². The first-order chi connectivity index (χ1) is 16.6. The molecule has 3 rings (SSSR count). The number of carbonyl (C=O) groups is 1. The van der Waals surface area contributed by atoms with Crippen molar-refractivity contribution in [2.75, 3.05) is 11.9 Å². The Labute approximate surface area is 220 Å². The molecule has 0 heterocycles. The molecule has 180 valence electrons. The zero-order chi connectivity index (χ0) is 25.6. The summed E-state index contributed by atoms with van der Waals surface area (Å²) >= 11 is 6.68. The molecule has 0 aromatic heterocycles. The molecular formula is C25H20Br2N2O5S. The fourth-order valence-electron chi connectivity index (χ4n) is 2.95. The maximum absolute atomic E-state index is 12.8. The second-order valence-electron chi connectivity index (χ2n) is 7.22. The van der Waals surface area contributed by atoms with Gasteiger partial charge in [0.2, 0.25) is 0 Å². The van der Waals surface area contributed by atoms with Gasteiger partial charge in [-0.25, -0.2) is 0 Å². The molecule has 0 fully saturated rings. The highest BCUT2D eigenvalue weighted by molar-refractivity contribution is 9.11. The highest BCUT2D eigenvalue weighted by Gasteiger charge is 2.22. The van der Waals surface area contributed by atoms with Crippen LogP contribution in [0.4, 0.5) is 5.69 Å². The van der Waals surface area contributed by atoms with E-state index in [1.165, 1.54) is 30.3 Å². The van der Waals surface area contributed by atoms with Gasteiger partial charge in [0.1, 0.15) is 16.5 Å². The van der Waals surface area contributed by atoms with Crippen molar-refractivity contribution in [3.8, 4) is 17.6 Å². The van der Waals surface area contributed by atoms with Crippen molar-refractivity contribution >= 4 is 59.6 Å². The molecule has 7 nitrogen and oxygen atoms in total. The van der Waals surface area contributed by atoms with Crippen molar-refractivity contribution in [2.24, 2.45) is 0 Å². The molecule has 0 radical (unpaired) electrons. The summed E-state index contributed by atoms with van der Waals surface area (Å²) in [5.74, 6) is -0.510. The molecule has 0 aliphatic rings. The van der Waals surface area contributed by atoms with Crippen molar-refractivity contribution in [3.63, 3.8) is 0 Å². The fraction of sp³-hybridized carbons (Fsp3) is 0.120. The smallest absolute Gasteiger partial charge is 0.339 e. The van der Waals surface area contributed by atoms with Crippen LogP contribution in [0.25, 0.3) is 6.08 Å². The highest BCUT2D eigenvalue weighted by Crippen LogP contribution is 2.39. The van der Waals surface area contributed by atoms with Gasteiger partial charge in [-0.15, -0.1) is 0 Å². The summed E-state index contributed by atoms with van der Waals surface area (Å²) in [5.41, 5.74) is 1.70. The number of anilines is 1. The van der Waals surface area contributed by atoms with Gasteiger partial charge in [0.25, 0.3) is 5.91 Å². The van der Waals surface area contributed by atoms with Crippen molar-refractivity contribution < 1.29 is 22.1 Å². The van der Waals surface area contributed by atoms with Gasteiger partial charge < -0.3 is 14.2 Å². The summed E-state index contributed by atoms with van der Waals surface area (Å²) in [6.45, 7) is 3.82. The van der Waals surface area contributed by atoms with E-state index < -0.39 is 16.0 Å². The maximum atomic E-state index is 12.8. The largest absolute Gasteiger partial charge is 0.490 e. The van der Waals surface area contributed by atoms with Crippen molar-refractivity contribution in [2.45, 2.75) is 18.7 Å². The van der Waals surface area contributed by atoms with E-state index in [1.807, 2.05) is 13.0 Å². The molecular weight excluding hydrogens is 600 g/mol. The lowest BCUT2D eigenvalue weighted by molar-refractivity contribution is -0.112. The van der Waals surface area contributed by atoms with E-state index in [4.69, 9.17) is 8.92 Å². The number of para-hydroxylation sites is 1. The van der Waals surface area contributed by atoms with Gasteiger partial charge >= 0.3 is 10.1 Å². The Morgan fingerprint density at radius 3 is 2.40 bits per heavy atom. The highest BCUT2D eigenvalue weighted by atomic mass is 79.9. The zero-order valence-corrected chi connectivity index (χ0v) is 22.7. The van der Waals surface area contributed by atoms with E-state index in [0.29, 0.717) is 15.7 Å². The van der Waals surface area contributed by atoms with E-state index in [-0.39, 0.29) is 33.0 Å². The Kier molecular flexibility index (Phi) is 8.72. The number of nitrogens with one attached hydrogen (secondary N) is 1. The number of hydrogen-bond acceptors (Lipinski definition) is 6. The Morgan fingerprint density at radius 2 is 1.77 bits per heavy atom. The van der Waals surface area contributed by atoms with Gasteiger partial charge in [-0.3, -0.25) is 4.79 Å². The van der Waals surface area contributed by atoms with Gasteiger partial charge in [0, 0.05) is 4.47 Å². The van der Waals surface area contributed by atoms with E-state index in [0.717, 1.165) is 5.56 Å². The first-order valence-electron chi connectivity index (χ1n) is 10.3. The average Bonchev–Trinajstić information content (AvgIpc) is 2.81. The fourth-order valence-corrected chi connectivity index (χ4v) is 4.93. The van der Waals surface area contributed by atoms with Crippen molar-refractivity contribution in [1.29, 1.82) is 5.26 Å². The minimum absolute atomic E-state index is 0.00284. The minimum Gasteiger partial charge on any atom is -0.490 e. The predicted molar refractivity (Wildman–Crippen MR) is 141 cm³/mol. The molecule has 0 saturated heterocycles. The van der Waals surface area contributed by atoms with E-state index >= 15 is 0 Å². The normalized spacial score (nSPS) is 11.5. The molecule has 3 aromatic rings. The van der Waals surface area contributed by atoms with Crippen LogP contribution in [-0.4, -0.2) is 20.9 Å². The van der Waals surface area contributed by atoms with Crippen LogP contribution in [0.15, 0.2) is 80.1 Å². The van der Waals surface area contributed by atoms with Crippen LogP contribution < -0.4 is 14.2 Å². The third kappa shape index (κ3) is 6.72. The number of halogens is 2. The second-order valence-corrected chi connectivity index (χ2v) is 10.5. The molecule has 0 spiro atoms. The van der Waals surface area contributed by atoms with Crippen LogP contribution in [0, 0.1) is 18.3 Å². The molecule has 1 amide bonds. The molecule has 0 bridgehead atoms. The van der Waals surface area contributed by atoms with Crippen LogP contribution in [0.1, 0.15) is 18.1 Å². The van der Waals surface area contributed by atoms with Gasteiger partial charge in [-0.2, -0.15) is 13.7 Å². The number of benzene rings is 3. The molecule has 0 unspecified atom stereocenters. The molecule has 0 aliphatic carbocycles. The number of amides is 1. The topological polar surface area (TPSA) is 105 Å². The summed E-state index contributed by atoms with van der Waals surface area (Å²) in [5, 5.41) is 12.2. The Bertz CT molecular complexity index is 1430. The second kappa shape index (κ2) is 11.5. The van der Waals surface area contributed by atoms with Gasteiger partial charge in [0.05, 0.1) is 16.8 Å². The third-order valence-corrected chi connectivity index (χ3v) is 7.15. The number of ether oxygens (including phenoxy) is 1. The van der Waals surface area contributed by atoms with Crippen molar-refractivity contribution in [3.05, 3.63) is 86.3 Å². The van der Waals surface area contributed by atoms with E-state index in [2.05, 4.69) is 37.2 Å². The van der Waals surface area contributed by atoms with Crippen LogP contribution in [0.5, 0.6) is 11.5 Å².